The van der Waals surface area contributed by atoms with Gasteiger partial charge in [0.25, 0.3) is 0 Å². The summed E-state index contributed by atoms with van der Waals surface area (Å²) in [7, 11) is 4.84. The third kappa shape index (κ3) is 10.1. The number of methoxy groups -OCH3 is 3. The summed E-state index contributed by atoms with van der Waals surface area (Å²) in [6, 6.07) is 22.2. The van der Waals surface area contributed by atoms with Crippen molar-refractivity contribution in [1.29, 1.82) is 0 Å². The minimum absolute atomic E-state index is 0.422. The molecule has 43 heavy (non-hydrogen) atoms. The molecule has 0 heterocycles. The van der Waals surface area contributed by atoms with Crippen molar-refractivity contribution in [3.63, 3.8) is 0 Å². The van der Waals surface area contributed by atoms with E-state index in [-0.39, 0.29) is 0 Å². The van der Waals surface area contributed by atoms with E-state index in [0.29, 0.717) is 37.1 Å². The lowest BCUT2D eigenvalue weighted by atomic mass is 10.2. The zero-order valence-corrected chi connectivity index (χ0v) is 25.5. The quantitative estimate of drug-likeness (QED) is 0.110. The van der Waals surface area contributed by atoms with Crippen LogP contribution in [-0.4, -0.2) is 47.6 Å². The zero-order chi connectivity index (χ0) is 30.9. The maximum atomic E-state index is 5.97. The Morgan fingerprint density at radius 2 is 0.721 bits per heavy atom. The standard InChI is InChI=1S/C34H40O9/c1-7-38-31(25-10-16-28(35-4)17-11-25)22-41-34(42-23-32(39-8-2)26-12-18-29(36-5)19-13-26)43-24-33(40-9-3)27-14-20-30(37-6)21-15-27/h10-24,34H,7-9H2,1-6H3. The maximum Gasteiger partial charge on any atom is 0.405 e. The van der Waals surface area contributed by atoms with E-state index in [1.165, 1.54) is 18.8 Å². The van der Waals surface area contributed by atoms with Gasteiger partial charge in [0.05, 0.1) is 41.2 Å². The highest BCUT2D eigenvalue weighted by Crippen LogP contribution is 2.24. The van der Waals surface area contributed by atoms with Gasteiger partial charge >= 0.3 is 6.48 Å². The molecular formula is C34H40O9. The monoisotopic (exact) mass is 592 g/mol. The molecule has 0 spiro atoms. The van der Waals surface area contributed by atoms with Crippen molar-refractivity contribution in [1.82, 2.24) is 0 Å². The van der Waals surface area contributed by atoms with E-state index in [1.807, 2.05) is 93.6 Å². The largest absolute Gasteiger partial charge is 0.497 e. The predicted molar refractivity (Wildman–Crippen MR) is 165 cm³/mol. The van der Waals surface area contributed by atoms with E-state index < -0.39 is 6.48 Å². The van der Waals surface area contributed by atoms with Gasteiger partial charge in [-0.3, -0.25) is 0 Å². The normalized spacial score (nSPS) is 12.6. The summed E-state index contributed by atoms with van der Waals surface area (Å²) in [6.07, 6.45) is 4.33. The van der Waals surface area contributed by atoms with Gasteiger partial charge in [-0.2, -0.15) is 0 Å². The van der Waals surface area contributed by atoms with Gasteiger partial charge in [0.15, 0.2) is 17.3 Å². The van der Waals surface area contributed by atoms with E-state index in [9.17, 15) is 0 Å². The van der Waals surface area contributed by atoms with Crippen LogP contribution in [0.4, 0.5) is 0 Å². The molecule has 0 unspecified atom stereocenters. The van der Waals surface area contributed by atoms with Crippen LogP contribution in [0, 0.1) is 0 Å². The van der Waals surface area contributed by atoms with Gasteiger partial charge in [-0.05, 0) is 93.6 Å². The third-order valence-corrected chi connectivity index (χ3v) is 5.88. The Morgan fingerprint density at radius 3 is 0.930 bits per heavy atom. The van der Waals surface area contributed by atoms with Crippen LogP contribution < -0.4 is 14.2 Å². The van der Waals surface area contributed by atoms with E-state index in [2.05, 4.69) is 0 Å². The Hall–Kier alpha value is -4.92. The molecule has 0 radical (unpaired) electrons. The van der Waals surface area contributed by atoms with Crippen molar-refractivity contribution in [2.45, 2.75) is 27.2 Å². The number of benzene rings is 3. The molecule has 0 atom stereocenters. The Kier molecular flexibility index (Phi) is 13.5. The Balaban J connectivity index is 1.93. The molecule has 0 aliphatic carbocycles. The van der Waals surface area contributed by atoms with Crippen molar-refractivity contribution in [3.05, 3.63) is 108 Å². The molecule has 9 heteroatoms. The fourth-order valence-electron chi connectivity index (χ4n) is 3.74. The van der Waals surface area contributed by atoms with Gasteiger partial charge in [0.2, 0.25) is 0 Å². The van der Waals surface area contributed by atoms with E-state index >= 15 is 0 Å². The first-order valence-corrected chi connectivity index (χ1v) is 13.9. The lowest BCUT2D eigenvalue weighted by Gasteiger charge is -2.19. The van der Waals surface area contributed by atoms with Crippen LogP contribution in [0.1, 0.15) is 37.5 Å². The van der Waals surface area contributed by atoms with Gasteiger partial charge in [0.1, 0.15) is 36.0 Å². The molecule has 0 aliphatic heterocycles. The van der Waals surface area contributed by atoms with Crippen LogP contribution in [-0.2, 0) is 28.4 Å². The Bertz CT molecular complexity index is 1150. The van der Waals surface area contributed by atoms with Crippen molar-refractivity contribution in [2.24, 2.45) is 0 Å². The maximum absolute atomic E-state index is 5.97. The summed E-state index contributed by atoms with van der Waals surface area (Å²) >= 11 is 0. The predicted octanol–water partition coefficient (Wildman–Crippen LogP) is 7.45. The van der Waals surface area contributed by atoms with E-state index in [1.54, 1.807) is 21.3 Å². The lowest BCUT2D eigenvalue weighted by molar-refractivity contribution is -0.213. The SMILES string of the molecule is CCOC(=COC(OC=C(OCC)c1ccc(OC)cc1)OC=C(OCC)c1ccc(OC)cc1)c1ccc(OC)cc1. The molecule has 0 amide bonds. The van der Waals surface area contributed by atoms with Crippen LogP contribution in [0.25, 0.3) is 17.3 Å². The topological polar surface area (TPSA) is 83.1 Å². The molecule has 0 bridgehead atoms. The zero-order valence-electron chi connectivity index (χ0n) is 25.5. The van der Waals surface area contributed by atoms with Gasteiger partial charge in [-0.25, -0.2) is 0 Å². The smallest absolute Gasteiger partial charge is 0.405 e. The second kappa shape index (κ2) is 17.8. The van der Waals surface area contributed by atoms with Crippen LogP contribution in [0.15, 0.2) is 91.6 Å². The van der Waals surface area contributed by atoms with Gasteiger partial charge < -0.3 is 42.6 Å². The van der Waals surface area contributed by atoms with Gasteiger partial charge in [0, 0.05) is 16.7 Å². The van der Waals surface area contributed by atoms with Crippen molar-refractivity contribution >= 4 is 17.3 Å². The Labute approximate surface area is 253 Å². The highest BCUT2D eigenvalue weighted by Gasteiger charge is 2.14. The van der Waals surface area contributed by atoms with Gasteiger partial charge in [-0.1, -0.05) is 0 Å². The summed E-state index contributed by atoms with van der Waals surface area (Å²) in [5.74, 6) is 3.62. The molecular weight excluding hydrogens is 552 g/mol. The highest BCUT2D eigenvalue weighted by molar-refractivity contribution is 5.61. The van der Waals surface area contributed by atoms with E-state index in [4.69, 9.17) is 42.6 Å². The van der Waals surface area contributed by atoms with Crippen molar-refractivity contribution < 1.29 is 42.6 Å². The van der Waals surface area contributed by atoms with Crippen LogP contribution in [0.2, 0.25) is 0 Å². The minimum atomic E-state index is -1.24. The average Bonchev–Trinajstić information content (AvgIpc) is 3.06. The first-order valence-electron chi connectivity index (χ1n) is 13.9. The molecule has 9 nitrogen and oxygen atoms in total. The summed E-state index contributed by atoms with van der Waals surface area (Å²) < 4.78 is 51.2. The van der Waals surface area contributed by atoms with Crippen LogP contribution >= 0.6 is 0 Å². The van der Waals surface area contributed by atoms with Crippen molar-refractivity contribution in [3.8, 4) is 17.2 Å². The third-order valence-electron chi connectivity index (χ3n) is 5.88. The number of hydrogen-bond donors (Lipinski definition) is 0. The van der Waals surface area contributed by atoms with Crippen LogP contribution in [0.3, 0.4) is 0 Å². The molecule has 3 rings (SSSR count). The average molecular weight is 593 g/mol. The molecule has 0 aliphatic rings. The van der Waals surface area contributed by atoms with Crippen LogP contribution in [0.5, 0.6) is 17.2 Å². The molecule has 0 N–H and O–H groups in total. The van der Waals surface area contributed by atoms with E-state index in [0.717, 1.165) is 33.9 Å². The summed E-state index contributed by atoms with van der Waals surface area (Å²) in [5, 5.41) is 0. The molecule has 230 valence electrons. The second-order valence-electron chi connectivity index (χ2n) is 8.63. The first kappa shape index (κ1) is 32.6. The minimum Gasteiger partial charge on any atom is -0.497 e. The van der Waals surface area contributed by atoms with Gasteiger partial charge in [-0.15, -0.1) is 0 Å². The summed E-state index contributed by atoms with van der Waals surface area (Å²) in [5.41, 5.74) is 2.36. The Morgan fingerprint density at radius 1 is 0.465 bits per heavy atom. The molecule has 0 fully saturated rings. The molecule has 3 aromatic rings. The number of ether oxygens (including phenoxy) is 9. The number of hydrogen-bond acceptors (Lipinski definition) is 9. The molecule has 0 saturated carbocycles. The molecule has 0 aromatic heterocycles. The fourth-order valence-corrected chi connectivity index (χ4v) is 3.74. The highest BCUT2D eigenvalue weighted by atomic mass is 16.8. The summed E-state index contributed by atoms with van der Waals surface area (Å²) in [4.78, 5) is 0. The summed E-state index contributed by atoms with van der Waals surface area (Å²) in [6.45, 7) is 5.69. The second-order valence-corrected chi connectivity index (χ2v) is 8.63. The lowest BCUT2D eigenvalue weighted by Crippen LogP contribution is -2.15. The molecule has 0 saturated heterocycles. The van der Waals surface area contributed by atoms with Crippen molar-refractivity contribution in [2.75, 3.05) is 41.2 Å². The first-order chi connectivity index (χ1) is 21.0. The number of rotatable bonds is 18. The molecule has 3 aromatic carbocycles. The fraction of sp³-hybridized carbons (Fsp3) is 0.294.